The molecule has 0 spiro atoms. The summed E-state index contributed by atoms with van der Waals surface area (Å²) < 4.78 is 50.7. The van der Waals surface area contributed by atoms with E-state index in [1.807, 2.05) is 107 Å². The first-order valence-electron chi connectivity index (χ1n) is 37.9. The van der Waals surface area contributed by atoms with Gasteiger partial charge in [-0.2, -0.15) is 0 Å². The van der Waals surface area contributed by atoms with Crippen LogP contribution in [0.3, 0.4) is 0 Å². The van der Waals surface area contributed by atoms with E-state index >= 15 is 0 Å². The number of hydrogen-bond donors (Lipinski definition) is 0. The average molecular weight is 1540 g/mol. The first kappa shape index (κ1) is 88.4. The van der Waals surface area contributed by atoms with E-state index in [4.69, 9.17) is 42.6 Å². The first-order valence-corrected chi connectivity index (χ1v) is 37.9. The summed E-state index contributed by atoms with van der Waals surface area (Å²) >= 11 is 0. The van der Waals surface area contributed by atoms with E-state index in [2.05, 4.69) is 62.3 Å². The van der Waals surface area contributed by atoms with Gasteiger partial charge >= 0.3 is 53.7 Å². The Morgan fingerprint density at radius 2 is 0.372 bits per heavy atom. The van der Waals surface area contributed by atoms with Gasteiger partial charge in [0.1, 0.15) is 59.5 Å². The third-order valence-electron chi connectivity index (χ3n) is 19.3. The molecule has 0 atom stereocenters. The van der Waals surface area contributed by atoms with Crippen LogP contribution in [0.4, 0.5) is 0 Å². The molecule has 9 rings (SSSR count). The second-order valence-corrected chi connectivity index (χ2v) is 31.4. The lowest BCUT2D eigenvalue weighted by Crippen LogP contribution is -2.39. The molecule has 0 aromatic heterocycles. The summed E-state index contributed by atoms with van der Waals surface area (Å²) in [6.45, 7) is 27.5. The maximum Gasteiger partial charge on any atom is 0.338 e. The highest BCUT2D eigenvalue weighted by molar-refractivity contribution is 5.94. The van der Waals surface area contributed by atoms with Crippen molar-refractivity contribution < 1.29 is 85.8 Å². The van der Waals surface area contributed by atoms with Crippen molar-refractivity contribution in [2.45, 2.75) is 132 Å². The summed E-state index contributed by atoms with van der Waals surface area (Å²) in [6, 6.07) is 70.6. The van der Waals surface area contributed by atoms with Crippen LogP contribution in [-0.4, -0.2) is 113 Å². The quantitative estimate of drug-likeness (QED) is 0.0300. The fourth-order valence-electron chi connectivity index (χ4n) is 11.2. The summed E-state index contributed by atoms with van der Waals surface area (Å²) in [7, 11) is 0. The van der Waals surface area contributed by atoms with Crippen LogP contribution < -0.4 is 0 Å². The molecule has 0 aliphatic carbocycles. The summed E-state index contributed by atoms with van der Waals surface area (Å²) in [5.41, 5.74) is 6.02. The highest BCUT2D eigenvalue weighted by Gasteiger charge is 2.38. The summed E-state index contributed by atoms with van der Waals surface area (Å²) in [5.74, 6) is -4.49. The molecule has 0 N–H and O–H groups in total. The van der Waals surface area contributed by atoms with E-state index in [0.29, 0.717) is 69.3 Å². The minimum atomic E-state index is -0.938. The monoisotopic (exact) mass is 1530 g/mol. The highest BCUT2D eigenvalue weighted by Crippen LogP contribution is 2.32. The first-order chi connectivity index (χ1) is 53.7. The lowest BCUT2D eigenvalue weighted by molar-refractivity contribution is -0.0394. The molecule has 0 heterocycles. The second-order valence-electron chi connectivity index (χ2n) is 31.4. The van der Waals surface area contributed by atoms with Crippen LogP contribution in [0.2, 0.25) is 0 Å². The molecule has 0 amide bonds. The van der Waals surface area contributed by atoms with Crippen molar-refractivity contribution in [3.05, 3.63) is 321 Å². The Kier molecular flexibility index (Phi) is 32.5. The number of carbonyl (C=O) groups is 9. The zero-order valence-corrected chi connectivity index (χ0v) is 67.4. The van der Waals surface area contributed by atoms with Crippen molar-refractivity contribution in [1.82, 2.24) is 0 Å². The Balaban J connectivity index is 0.000000236. The molecule has 0 saturated heterocycles. The Hall–Kier alpha value is -11.8. The van der Waals surface area contributed by atoms with Gasteiger partial charge in [-0.25, -0.2) is 43.2 Å². The van der Waals surface area contributed by atoms with E-state index in [9.17, 15) is 43.2 Å². The van der Waals surface area contributed by atoms with Crippen molar-refractivity contribution in [2.75, 3.05) is 59.5 Å². The molecule has 9 aromatic carbocycles. The van der Waals surface area contributed by atoms with Crippen LogP contribution in [0.15, 0.2) is 243 Å². The molecule has 113 heavy (non-hydrogen) atoms. The van der Waals surface area contributed by atoms with Crippen LogP contribution in [-0.2, 0) is 58.9 Å². The standard InChI is InChI=1S/C35H42O6.C31H34O6.C29H30O6/c1-8-35(22-39-30(36)25-12-10-9-11-13-25,23-40-31(37)26-14-18-28(19-15-26)33(2,3)4)24-41-32(38)27-16-20-29(21-17-27)34(5,6)7;1-5-31(20-35-27(32)23-12-8-6-9-13-23,21-36-28(33)24-14-10-7-11-15-24)22-37-29(34)25-16-18-26(19-17-25)30(2,3)4;1-4-29(18-33-26(30)23-12-6-5-7-13-23,19-34-27(31)24-14-8-10-21(2)16-24)20-35-28(32)25-15-9-11-22(3)17-25/h9-21H,8,22-24H2,1-7H3;6-19H,5,20-22H2,1-4H3;5-17H,4,18-20H2,1-3H3. The predicted octanol–water partition coefficient (Wildman–Crippen LogP) is 19.4. The number of benzene rings is 9. The van der Waals surface area contributed by atoms with E-state index in [-0.39, 0.29) is 75.7 Å². The third-order valence-corrected chi connectivity index (χ3v) is 19.3. The Bertz CT molecular complexity index is 4400. The van der Waals surface area contributed by atoms with Crippen molar-refractivity contribution in [3.63, 3.8) is 0 Å². The van der Waals surface area contributed by atoms with Crippen molar-refractivity contribution >= 4 is 53.7 Å². The highest BCUT2D eigenvalue weighted by atomic mass is 16.6. The molecule has 0 aliphatic heterocycles. The van der Waals surface area contributed by atoms with Crippen molar-refractivity contribution in [2.24, 2.45) is 16.2 Å². The van der Waals surface area contributed by atoms with Crippen LogP contribution in [0.25, 0.3) is 0 Å². The molecule has 594 valence electrons. The third kappa shape index (κ3) is 27.6. The number of hydrogen-bond acceptors (Lipinski definition) is 18. The van der Waals surface area contributed by atoms with Crippen molar-refractivity contribution in [1.29, 1.82) is 0 Å². The van der Waals surface area contributed by atoms with Gasteiger partial charge in [0.05, 0.1) is 66.3 Å². The zero-order chi connectivity index (χ0) is 82.4. The van der Waals surface area contributed by atoms with Crippen LogP contribution in [0, 0.1) is 30.1 Å². The van der Waals surface area contributed by atoms with Gasteiger partial charge in [0.25, 0.3) is 0 Å². The molecule has 18 heteroatoms. The minimum absolute atomic E-state index is 0.0366. The van der Waals surface area contributed by atoms with Gasteiger partial charge in [0, 0.05) is 0 Å². The Morgan fingerprint density at radius 1 is 0.212 bits per heavy atom. The van der Waals surface area contributed by atoms with Gasteiger partial charge in [-0.15, -0.1) is 0 Å². The zero-order valence-electron chi connectivity index (χ0n) is 67.4. The number of carbonyl (C=O) groups excluding carboxylic acids is 9. The van der Waals surface area contributed by atoms with Crippen LogP contribution >= 0.6 is 0 Å². The van der Waals surface area contributed by atoms with Gasteiger partial charge < -0.3 is 42.6 Å². The molecule has 9 aromatic rings. The fourth-order valence-corrected chi connectivity index (χ4v) is 11.2. The second kappa shape index (κ2) is 41.5. The molecule has 18 nitrogen and oxygen atoms in total. The SMILES string of the molecule is CCC(COC(=O)c1ccccc1)(COC(=O)c1ccc(C(C)(C)C)cc1)COC(=O)c1ccc(C(C)(C)C)cc1.CCC(COC(=O)c1ccccc1)(COC(=O)c1cccc(C)c1)COC(=O)c1cccc(C)c1.CCC(COC(=O)c1ccccc1)(COC(=O)c1ccccc1)COC(=O)c1ccc(C(C)(C)C)cc1. The summed E-state index contributed by atoms with van der Waals surface area (Å²) in [6.07, 6.45) is 1.31. The van der Waals surface area contributed by atoms with E-state index < -0.39 is 70.0 Å². The molecule has 0 aliphatic rings. The lowest BCUT2D eigenvalue weighted by atomic mass is 9.86. The van der Waals surface area contributed by atoms with Crippen molar-refractivity contribution in [3.8, 4) is 0 Å². The van der Waals surface area contributed by atoms with Crippen LogP contribution in [0.1, 0.15) is 223 Å². The number of esters is 9. The number of rotatable bonds is 30. The van der Waals surface area contributed by atoms with E-state index in [0.717, 1.165) is 27.8 Å². The van der Waals surface area contributed by atoms with E-state index in [1.54, 1.807) is 170 Å². The Labute approximate surface area is 664 Å². The maximum atomic E-state index is 13.0. The predicted molar refractivity (Wildman–Crippen MR) is 434 cm³/mol. The van der Waals surface area contributed by atoms with Crippen LogP contribution in [0.5, 0.6) is 0 Å². The van der Waals surface area contributed by atoms with E-state index in [1.165, 1.54) is 0 Å². The Morgan fingerprint density at radius 3 is 0.531 bits per heavy atom. The molecular weight excluding hydrogens is 1430 g/mol. The van der Waals surface area contributed by atoms with Gasteiger partial charge in [0.2, 0.25) is 0 Å². The summed E-state index contributed by atoms with van der Waals surface area (Å²) in [4.78, 5) is 115. The summed E-state index contributed by atoms with van der Waals surface area (Å²) in [5, 5.41) is 0. The topological polar surface area (TPSA) is 237 Å². The molecule has 0 unspecified atom stereocenters. The smallest absolute Gasteiger partial charge is 0.338 e. The lowest BCUT2D eigenvalue weighted by Gasteiger charge is -2.31. The van der Waals surface area contributed by atoms with Gasteiger partial charge in [0.15, 0.2) is 0 Å². The molecule has 0 bridgehead atoms. The van der Waals surface area contributed by atoms with Gasteiger partial charge in [-0.3, -0.25) is 0 Å². The fraction of sp³-hybridized carbons (Fsp3) is 0.337. The maximum absolute atomic E-state index is 13.0. The molecule has 0 saturated carbocycles. The minimum Gasteiger partial charge on any atom is -0.461 e. The largest absolute Gasteiger partial charge is 0.461 e. The molecular formula is C95H106O18. The average Bonchev–Trinajstić information content (AvgIpc) is 0.838. The molecule has 0 radical (unpaired) electrons. The number of ether oxygens (including phenoxy) is 9. The molecule has 0 fully saturated rings. The normalized spacial score (nSPS) is 11.5. The van der Waals surface area contributed by atoms with Gasteiger partial charge in [-0.05, 0) is 175 Å². The van der Waals surface area contributed by atoms with Gasteiger partial charge in [-0.1, -0.05) is 228 Å². The number of aryl methyl sites for hydroxylation is 2.